The number of hydrogen-bond donors (Lipinski definition) is 2. The number of carbonyl (C=O) groups is 3. The Morgan fingerprint density at radius 1 is 1.14 bits per heavy atom. The van der Waals surface area contributed by atoms with Crippen molar-refractivity contribution in [2.45, 2.75) is 19.9 Å². The molecule has 1 aromatic rings. The van der Waals surface area contributed by atoms with Crippen molar-refractivity contribution < 1.29 is 19.5 Å². The predicted octanol–water partition coefficient (Wildman–Crippen LogP) is 1.83. The lowest BCUT2D eigenvalue weighted by Crippen LogP contribution is -2.45. The SMILES string of the molecule is CC(C)[C@@H](NC(=O)CSCC(=O)c1ccccc1)C(=O)O. The number of amides is 1. The second kappa shape index (κ2) is 8.46. The molecule has 0 aliphatic carbocycles. The number of aliphatic carboxylic acids is 1. The average molecular weight is 309 g/mol. The van der Waals surface area contributed by atoms with Gasteiger partial charge in [0.05, 0.1) is 11.5 Å². The summed E-state index contributed by atoms with van der Waals surface area (Å²) in [6, 6.07) is 7.94. The van der Waals surface area contributed by atoms with Crippen LogP contribution in [0, 0.1) is 5.92 Å². The van der Waals surface area contributed by atoms with E-state index in [1.54, 1.807) is 38.1 Å². The molecule has 0 bridgehead atoms. The van der Waals surface area contributed by atoms with Gasteiger partial charge in [0.25, 0.3) is 0 Å². The number of carboxylic acids is 1. The van der Waals surface area contributed by atoms with E-state index in [9.17, 15) is 14.4 Å². The Kier molecular flexibility index (Phi) is 6.94. The molecule has 0 fully saturated rings. The number of nitrogens with one attached hydrogen (secondary N) is 1. The van der Waals surface area contributed by atoms with Crippen molar-refractivity contribution in [3.8, 4) is 0 Å². The highest BCUT2D eigenvalue weighted by Gasteiger charge is 2.23. The Balaban J connectivity index is 2.37. The molecule has 0 aromatic heterocycles. The molecule has 0 saturated heterocycles. The fourth-order valence-electron chi connectivity index (χ4n) is 1.67. The van der Waals surface area contributed by atoms with Gasteiger partial charge in [0.1, 0.15) is 6.04 Å². The van der Waals surface area contributed by atoms with Gasteiger partial charge < -0.3 is 10.4 Å². The molecule has 0 aliphatic heterocycles. The number of benzene rings is 1. The number of thioether (sulfide) groups is 1. The van der Waals surface area contributed by atoms with Crippen LogP contribution in [0.1, 0.15) is 24.2 Å². The molecule has 114 valence electrons. The minimum Gasteiger partial charge on any atom is -0.480 e. The van der Waals surface area contributed by atoms with E-state index < -0.39 is 12.0 Å². The first-order chi connectivity index (χ1) is 9.91. The van der Waals surface area contributed by atoms with Gasteiger partial charge in [0, 0.05) is 5.56 Å². The van der Waals surface area contributed by atoms with E-state index in [1.807, 2.05) is 6.07 Å². The maximum absolute atomic E-state index is 11.8. The van der Waals surface area contributed by atoms with Gasteiger partial charge in [-0.25, -0.2) is 4.79 Å². The van der Waals surface area contributed by atoms with E-state index in [0.717, 1.165) is 0 Å². The topological polar surface area (TPSA) is 83.5 Å². The lowest BCUT2D eigenvalue weighted by atomic mass is 10.1. The summed E-state index contributed by atoms with van der Waals surface area (Å²) >= 11 is 1.18. The van der Waals surface area contributed by atoms with Gasteiger partial charge in [-0.3, -0.25) is 9.59 Å². The molecule has 1 aromatic carbocycles. The molecule has 6 heteroatoms. The molecular weight excluding hydrogens is 290 g/mol. The molecule has 0 aliphatic rings. The number of ketones is 1. The molecule has 2 N–H and O–H groups in total. The van der Waals surface area contributed by atoms with E-state index in [0.29, 0.717) is 5.56 Å². The van der Waals surface area contributed by atoms with Gasteiger partial charge in [-0.05, 0) is 5.92 Å². The number of carboxylic acid groups (broad SMARTS) is 1. The van der Waals surface area contributed by atoms with Crippen LogP contribution in [0.25, 0.3) is 0 Å². The van der Waals surface area contributed by atoms with Crippen LogP contribution < -0.4 is 5.32 Å². The van der Waals surface area contributed by atoms with E-state index in [4.69, 9.17) is 5.11 Å². The van der Waals surface area contributed by atoms with Gasteiger partial charge in [-0.15, -0.1) is 11.8 Å². The Bertz CT molecular complexity index is 502. The summed E-state index contributed by atoms with van der Waals surface area (Å²) < 4.78 is 0. The summed E-state index contributed by atoms with van der Waals surface area (Å²) in [5.74, 6) is -1.41. The molecular formula is C15H19NO4S. The van der Waals surface area contributed by atoms with Crippen molar-refractivity contribution in [2.75, 3.05) is 11.5 Å². The molecule has 0 heterocycles. The zero-order valence-electron chi connectivity index (χ0n) is 12.0. The minimum atomic E-state index is -1.05. The van der Waals surface area contributed by atoms with Gasteiger partial charge in [-0.2, -0.15) is 0 Å². The first kappa shape index (κ1) is 17.2. The Labute approximate surface area is 128 Å². The molecule has 0 saturated carbocycles. The van der Waals surface area contributed by atoms with Crippen molar-refractivity contribution in [1.82, 2.24) is 5.32 Å². The quantitative estimate of drug-likeness (QED) is 0.716. The molecule has 0 unspecified atom stereocenters. The molecule has 0 spiro atoms. The van der Waals surface area contributed by atoms with Gasteiger partial charge in [0.2, 0.25) is 5.91 Å². The smallest absolute Gasteiger partial charge is 0.326 e. The monoisotopic (exact) mass is 309 g/mol. The third kappa shape index (κ3) is 5.99. The summed E-state index contributed by atoms with van der Waals surface area (Å²) in [5, 5.41) is 11.4. The van der Waals surface area contributed by atoms with Crippen molar-refractivity contribution >= 4 is 29.4 Å². The third-order valence-corrected chi connectivity index (χ3v) is 3.74. The maximum atomic E-state index is 11.8. The minimum absolute atomic E-state index is 0.0490. The Hall–Kier alpha value is -1.82. The second-order valence-corrected chi connectivity index (χ2v) is 5.90. The Morgan fingerprint density at radius 3 is 2.29 bits per heavy atom. The lowest BCUT2D eigenvalue weighted by Gasteiger charge is -2.17. The predicted molar refractivity (Wildman–Crippen MR) is 82.5 cm³/mol. The van der Waals surface area contributed by atoms with Crippen LogP contribution in [-0.4, -0.2) is 40.3 Å². The summed E-state index contributed by atoms with van der Waals surface area (Å²) in [6.07, 6.45) is 0. The number of carbonyl (C=O) groups excluding carboxylic acids is 2. The zero-order valence-corrected chi connectivity index (χ0v) is 12.9. The molecule has 21 heavy (non-hydrogen) atoms. The van der Waals surface area contributed by atoms with Crippen LogP contribution in [0.4, 0.5) is 0 Å². The van der Waals surface area contributed by atoms with Gasteiger partial charge in [-0.1, -0.05) is 44.2 Å². The summed E-state index contributed by atoms with van der Waals surface area (Å²) in [6.45, 7) is 3.45. The summed E-state index contributed by atoms with van der Waals surface area (Å²) in [7, 11) is 0. The fraction of sp³-hybridized carbons (Fsp3) is 0.400. The van der Waals surface area contributed by atoms with E-state index in [-0.39, 0.29) is 29.1 Å². The Morgan fingerprint density at radius 2 is 1.76 bits per heavy atom. The number of Topliss-reactive ketones (excluding diaryl/α,β-unsaturated/α-hetero) is 1. The molecule has 0 radical (unpaired) electrons. The van der Waals surface area contributed by atoms with E-state index in [2.05, 4.69) is 5.32 Å². The molecule has 1 atom stereocenters. The average Bonchev–Trinajstić information content (AvgIpc) is 2.45. The van der Waals surface area contributed by atoms with Crippen molar-refractivity contribution in [3.05, 3.63) is 35.9 Å². The van der Waals surface area contributed by atoms with Crippen molar-refractivity contribution in [3.63, 3.8) is 0 Å². The van der Waals surface area contributed by atoms with E-state index in [1.165, 1.54) is 11.8 Å². The molecule has 5 nitrogen and oxygen atoms in total. The first-order valence-corrected chi connectivity index (χ1v) is 7.75. The first-order valence-electron chi connectivity index (χ1n) is 6.60. The van der Waals surface area contributed by atoms with Crippen molar-refractivity contribution in [1.29, 1.82) is 0 Å². The normalized spacial score (nSPS) is 12.0. The summed E-state index contributed by atoms with van der Waals surface area (Å²) in [5.41, 5.74) is 0.607. The van der Waals surface area contributed by atoms with Crippen LogP contribution in [0.2, 0.25) is 0 Å². The lowest BCUT2D eigenvalue weighted by molar-refractivity contribution is -0.142. The highest BCUT2D eigenvalue weighted by Crippen LogP contribution is 2.08. The standard InChI is InChI=1S/C15H19NO4S/c1-10(2)14(15(19)20)16-13(18)9-21-8-12(17)11-6-4-3-5-7-11/h3-7,10,14H,8-9H2,1-2H3,(H,16,18)(H,19,20)/t14-/m1/s1. The third-order valence-electron chi connectivity index (χ3n) is 2.81. The zero-order chi connectivity index (χ0) is 15.8. The van der Waals surface area contributed by atoms with Crippen molar-refractivity contribution in [2.24, 2.45) is 5.92 Å². The largest absolute Gasteiger partial charge is 0.480 e. The number of hydrogen-bond acceptors (Lipinski definition) is 4. The van der Waals surface area contributed by atoms with Crippen LogP contribution in [0.15, 0.2) is 30.3 Å². The summed E-state index contributed by atoms with van der Waals surface area (Å²) in [4.78, 5) is 34.5. The van der Waals surface area contributed by atoms with E-state index >= 15 is 0 Å². The number of rotatable bonds is 8. The molecule has 1 rings (SSSR count). The molecule has 1 amide bonds. The maximum Gasteiger partial charge on any atom is 0.326 e. The fourth-order valence-corrected chi connectivity index (χ4v) is 2.40. The highest BCUT2D eigenvalue weighted by molar-refractivity contribution is 8.00. The van der Waals surface area contributed by atoms with Crippen LogP contribution in [0.3, 0.4) is 0 Å². The van der Waals surface area contributed by atoms with Gasteiger partial charge in [0.15, 0.2) is 5.78 Å². The second-order valence-electron chi connectivity index (χ2n) is 4.91. The van der Waals surface area contributed by atoms with Crippen LogP contribution >= 0.6 is 11.8 Å². The highest BCUT2D eigenvalue weighted by atomic mass is 32.2. The van der Waals surface area contributed by atoms with Crippen LogP contribution in [0.5, 0.6) is 0 Å². The van der Waals surface area contributed by atoms with Crippen LogP contribution in [-0.2, 0) is 9.59 Å². The van der Waals surface area contributed by atoms with Gasteiger partial charge >= 0.3 is 5.97 Å².